The van der Waals surface area contributed by atoms with Crippen LogP contribution in [0.25, 0.3) is 20.5 Å². The van der Waals surface area contributed by atoms with Gasteiger partial charge in [0.2, 0.25) is 6.17 Å². The number of primary amides is 1. The van der Waals surface area contributed by atoms with Gasteiger partial charge in [0.1, 0.15) is 0 Å². The Morgan fingerprint density at radius 3 is 2.62 bits per heavy atom. The number of alkyl halides is 1. The van der Waals surface area contributed by atoms with Crippen LogP contribution in [0.1, 0.15) is 21.4 Å². The van der Waals surface area contributed by atoms with Gasteiger partial charge in [-0.15, -0.1) is 22.7 Å². The second-order valence-electron chi connectivity index (χ2n) is 6.41. The van der Waals surface area contributed by atoms with E-state index in [-0.39, 0.29) is 11.5 Å². The van der Waals surface area contributed by atoms with Gasteiger partial charge >= 0.3 is 0 Å². The number of fused-ring (bicyclic) bond motifs is 1. The number of benzene rings is 2. The van der Waals surface area contributed by atoms with E-state index in [1.54, 1.807) is 29.5 Å². The van der Waals surface area contributed by atoms with Crippen LogP contribution in [0.2, 0.25) is 0 Å². The summed E-state index contributed by atoms with van der Waals surface area (Å²) in [5, 5.41) is 5.61. The van der Waals surface area contributed by atoms with Gasteiger partial charge < -0.3 is 16.8 Å². The zero-order chi connectivity index (χ0) is 20.5. The molecular weight excluding hydrogens is 409 g/mol. The molecule has 0 radical (unpaired) electrons. The van der Waals surface area contributed by atoms with Gasteiger partial charge in [0, 0.05) is 9.58 Å². The highest BCUT2D eigenvalue weighted by molar-refractivity contribution is 7.20. The van der Waals surface area contributed by atoms with E-state index in [0.717, 1.165) is 15.8 Å². The van der Waals surface area contributed by atoms with Crippen molar-refractivity contribution in [2.24, 2.45) is 5.73 Å². The lowest BCUT2D eigenvalue weighted by molar-refractivity contribution is -0.122. The minimum absolute atomic E-state index is 0.173. The van der Waals surface area contributed by atoms with E-state index in [9.17, 15) is 14.0 Å². The fourth-order valence-corrected chi connectivity index (χ4v) is 4.66. The number of rotatable bonds is 5. The maximum absolute atomic E-state index is 13.9. The summed E-state index contributed by atoms with van der Waals surface area (Å²) in [5.41, 5.74) is 13.2. The monoisotopic (exact) mass is 425 g/mol. The van der Waals surface area contributed by atoms with Crippen molar-refractivity contribution in [3.63, 3.8) is 0 Å². The van der Waals surface area contributed by atoms with Crippen molar-refractivity contribution in [2.45, 2.75) is 6.17 Å². The molecule has 5 N–H and O–H groups in total. The Hall–Kier alpha value is -3.23. The van der Waals surface area contributed by atoms with Crippen molar-refractivity contribution in [3.8, 4) is 10.4 Å². The van der Waals surface area contributed by atoms with Gasteiger partial charge in [0.05, 0.1) is 16.3 Å². The predicted octanol–water partition coefficient (Wildman–Crippen LogP) is 4.96. The van der Waals surface area contributed by atoms with Crippen molar-refractivity contribution in [3.05, 3.63) is 70.4 Å². The van der Waals surface area contributed by atoms with E-state index < -0.39 is 12.1 Å². The van der Waals surface area contributed by atoms with Crippen molar-refractivity contribution in [1.82, 2.24) is 0 Å². The number of anilines is 2. The fraction of sp³-hybridized carbons (Fsp3) is 0.0476. The molecule has 2 heterocycles. The molecule has 2 aromatic heterocycles. The number of thiophene rings is 2. The van der Waals surface area contributed by atoms with E-state index >= 15 is 0 Å². The van der Waals surface area contributed by atoms with Crippen molar-refractivity contribution >= 4 is 55.9 Å². The van der Waals surface area contributed by atoms with Gasteiger partial charge in [-0.25, -0.2) is 4.39 Å². The largest absolute Gasteiger partial charge is 0.397 e. The first-order chi connectivity index (χ1) is 13.9. The molecular formula is C21H16FN3O2S2. The highest BCUT2D eigenvalue weighted by Gasteiger charge is 2.18. The zero-order valence-electron chi connectivity index (χ0n) is 15.0. The molecule has 8 heteroatoms. The number of carbonyl (C=O) groups excluding carboxylic acids is 2. The van der Waals surface area contributed by atoms with E-state index in [4.69, 9.17) is 11.5 Å². The molecule has 0 aliphatic carbocycles. The SMILES string of the molecule is NC(=O)C(F)c1ccc2cc(C(=O)Nc3cc(-c4cccs4)ccc3N)sc2c1. The van der Waals surface area contributed by atoms with E-state index in [0.29, 0.717) is 21.0 Å². The number of hydrogen-bond donors (Lipinski definition) is 3. The van der Waals surface area contributed by atoms with E-state index in [1.807, 2.05) is 29.6 Å². The average molecular weight is 426 g/mol. The summed E-state index contributed by atoms with van der Waals surface area (Å²) in [6.07, 6.45) is -1.88. The molecule has 0 aliphatic rings. The summed E-state index contributed by atoms with van der Waals surface area (Å²) >= 11 is 2.81. The van der Waals surface area contributed by atoms with Crippen molar-refractivity contribution in [2.75, 3.05) is 11.1 Å². The van der Waals surface area contributed by atoms with E-state index in [2.05, 4.69) is 5.32 Å². The molecule has 0 aliphatic heterocycles. The Kier molecular flexibility index (Phi) is 5.04. The van der Waals surface area contributed by atoms with Crippen LogP contribution in [0.5, 0.6) is 0 Å². The van der Waals surface area contributed by atoms with Gasteiger partial charge in [-0.2, -0.15) is 0 Å². The summed E-state index contributed by atoms with van der Waals surface area (Å²) in [7, 11) is 0. The summed E-state index contributed by atoms with van der Waals surface area (Å²) in [6, 6.07) is 15.9. The van der Waals surface area contributed by atoms with Gasteiger partial charge in [0.25, 0.3) is 11.8 Å². The molecule has 0 fully saturated rings. The molecule has 4 rings (SSSR count). The molecule has 146 valence electrons. The molecule has 0 saturated carbocycles. The predicted molar refractivity (Wildman–Crippen MR) is 117 cm³/mol. The molecule has 1 unspecified atom stereocenters. The van der Waals surface area contributed by atoms with Crippen LogP contribution in [-0.2, 0) is 4.79 Å². The topological polar surface area (TPSA) is 98.2 Å². The first-order valence-corrected chi connectivity index (χ1v) is 10.3. The molecule has 1 atom stereocenters. The third-order valence-electron chi connectivity index (χ3n) is 4.42. The van der Waals surface area contributed by atoms with Crippen LogP contribution in [0, 0.1) is 0 Å². The maximum Gasteiger partial charge on any atom is 0.265 e. The lowest BCUT2D eigenvalue weighted by Crippen LogP contribution is -2.17. The number of nitrogens with one attached hydrogen (secondary N) is 1. The Balaban J connectivity index is 1.61. The van der Waals surface area contributed by atoms with Crippen LogP contribution in [-0.4, -0.2) is 11.8 Å². The van der Waals surface area contributed by atoms with Crippen LogP contribution >= 0.6 is 22.7 Å². The molecule has 4 aromatic rings. The molecule has 2 aromatic carbocycles. The van der Waals surface area contributed by atoms with Crippen LogP contribution in [0.4, 0.5) is 15.8 Å². The lowest BCUT2D eigenvalue weighted by atomic mass is 10.1. The third kappa shape index (κ3) is 3.85. The van der Waals surface area contributed by atoms with Gasteiger partial charge in [0.15, 0.2) is 0 Å². The number of nitrogen functional groups attached to an aromatic ring is 1. The second-order valence-corrected chi connectivity index (χ2v) is 8.44. The summed E-state index contributed by atoms with van der Waals surface area (Å²) in [6.45, 7) is 0. The Morgan fingerprint density at radius 1 is 1.07 bits per heavy atom. The summed E-state index contributed by atoms with van der Waals surface area (Å²) < 4.78 is 14.6. The van der Waals surface area contributed by atoms with Gasteiger partial charge in [-0.05, 0) is 52.2 Å². The normalized spacial score (nSPS) is 12.0. The van der Waals surface area contributed by atoms with Crippen molar-refractivity contribution in [1.29, 1.82) is 0 Å². The van der Waals surface area contributed by atoms with Crippen LogP contribution in [0.15, 0.2) is 60.0 Å². The quantitative estimate of drug-likeness (QED) is 0.394. The summed E-state index contributed by atoms with van der Waals surface area (Å²) in [4.78, 5) is 25.4. The molecule has 29 heavy (non-hydrogen) atoms. The number of nitrogens with two attached hydrogens (primary N) is 2. The number of carbonyl (C=O) groups is 2. The zero-order valence-corrected chi connectivity index (χ0v) is 16.6. The molecule has 2 amide bonds. The van der Waals surface area contributed by atoms with Crippen molar-refractivity contribution < 1.29 is 14.0 Å². The number of hydrogen-bond acceptors (Lipinski definition) is 5. The van der Waals surface area contributed by atoms with Crippen LogP contribution < -0.4 is 16.8 Å². The lowest BCUT2D eigenvalue weighted by Gasteiger charge is -2.09. The summed E-state index contributed by atoms with van der Waals surface area (Å²) in [5.74, 6) is -1.35. The Labute approximate surface area is 173 Å². The van der Waals surface area contributed by atoms with E-state index in [1.165, 1.54) is 23.5 Å². The average Bonchev–Trinajstić information content (AvgIpc) is 3.38. The van der Waals surface area contributed by atoms with Crippen LogP contribution in [0.3, 0.4) is 0 Å². The maximum atomic E-state index is 13.9. The number of halogens is 1. The highest BCUT2D eigenvalue weighted by Crippen LogP contribution is 2.32. The molecule has 0 spiro atoms. The second kappa shape index (κ2) is 7.65. The molecule has 5 nitrogen and oxygen atoms in total. The minimum Gasteiger partial charge on any atom is -0.397 e. The minimum atomic E-state index is -1.88. The van der Waals surface area contributed by atoms with Gasteiger partial charge in [-0.3, -0.25) is 9.59 Å². The Bertz CT molecular complexity index is 1220. The van der Waals surface area contributed by atoms with Gasteiger partial charge in [-0.1, -0.05) is 24.3 Å². The molecule has 0 saturated heterocycles. The molecule has 0 bridgehead atoms. The fourth-order valence-electron chi connectivity index (χ4n) is 2.93. The third-order valence-corrected chi connectivity index (χ3v) is 6.43. The standard InChI is InChI=1S/C21H16FN3O2S2/c22-19(20(24)26)13-4-3-12-9-18(29-17(12)10-13)21(27)25-15-8-11(5-6-14(15)23)16-2-1-7-28-16/h1-10,19H,23H2,(H2,24,26)(H,25,27). The first-order valence-electron chi connectivity index (χ1n) is 8.64. The smallest absolute Gasteiger partial charge is 0.265 e. The number of amides is 2. The Morgan fingerprint density at radius 2 is 1.90 bits per heavy atom. The highest BCUT2D eigenvalue weighted by atomic mass is 32.1. The first kappa shape index (κ1) is 19.1.